The summed E-state index contributed by atoms with van der Waals surface area (Å²) in [6.45, 7) is 0.182. The topological polar surface area (TPSA) is 75.3 Å². The molecular weight excluding hydrogens is 392 g/mol. The number of carbonyl (C=O) groups is 1. The van der Waals surface area contributed by atoms with Gasteiger partial charge in [0.2, 0.25) is 10.0 Å². The molecular formula is C21H20N2O3S2. The van der Waals surface area contributed by atoms with Crippen LogP contribution in [0.4, 0.5) is 5.69 Å². The number of nitrogens with one attached hydrogen (secondary N) is 2. The number of benzene rings is 3. The fourth-order valence-electron chi connectivity index (χ4n) is 2.57. The van der Waals surface area contributed by atoms with Gasteiger partial charge in [-0.25, -0.2) is 13.1 Å². The Morgan fingerprint density at radius 1 is 0.929 bits per heavy atom. The van der Waals surface area contributed by atoms with Crippen LogP contribution in [0.3, 0.4) is 0 Å². The van der Waals surface area contributed by atoms with Crippen LogP contribution in [0.15, 0.2) is 88.7 Å². The van der Waals surface area contributed by atoms with Crippen molar-refractivity contribution >= 4 is 33.4 Å². The van der Waals surface area contributed by atoms with Crippen molar-refractivity contribution in [3.05, 3.63) is 90.0 Å². The van der Waals surface area contributed by atoms with Crippen molar-refractivity contribution in [3.63, 3.8) is 0 Å². The SMILES string of the molecule is CSc1cccc(NC(=O)c2cccc(S(=O)(=O)NCc3ccccc3)c2)c1. The summed E-state index contributed by atoms with van der Waals surface area (Å²) in [5.41, 5.74) is 1.79. The van der Waals surface area contributed by atoms with Gasteiger partial charge in [-0.1, -0.05) is 42.5 Å². The average Bonchev–Trinajstić information content (AvgIpc) is 2.73. The van der Waals surface area contributed by atoms with Crippen LogP contribution in [0.5, 0.6) is 0 Å². The van der Waals surface area contributed by atoms with E-state index in [-0.39, 0.29) is 22.9 Å². The molecule has 1 amide bonds. The van der Waals surface area contributed by atoms with Crippen molar-refractivity contribution in [2.24, 2.45) is 0 Å². The summed E-state index contributed by atoms with van der Waals surface area (Å²) in [5, 5.41) is 2.80. The van der Waals surface area contributed by atoms with Crippen molar-refractivity contribution in [2.75, 3.05) is 11.6 Å². The third-order valence-electron chi connectivity index (χ3n) is 4.04. The van der Waals surface area contributed by atoms with E-state index < -0.39 is 10.0 Å². The van der Waals surface area contributed by atoms with E-state index in [0.717, 1.165) is 10.5 Å². The zero-order valence-electron chi connectivity index (χ0n) is 15.3. The zero-order chi connectivity index (χ0) is 20.0. The third-order valence-corrected chi connectivity index (χ3v) is 6.17. The summed E-state index contributed by atoms with van der Waals surface area (Å²) in [5.74, 6) is -0.363. The Labute approximate surface area is 169 Å². The Hall–Kier alpha value is -2.61. The van der Waals surface area contributed by atoms with E-state index in [4.69, 9.17) is 0 Å². The van der Waals surface area contributed by atoms with Gasteiger partial charge < -0.3 is 5.32 Å². The Morgan fingerprint density at radius 3 is 2.43 bits per heavy atom. The Balaban J connectivity index is 1.74. The Kier molecular flexibility index (Phi) is 6.51. The van der Waals surface area contributed by atoms with Gasteiger partial charge in [-0.3, -0.25) is 4.79 Å². The molecule has 0 unspecified atom stereocenters. The summed E-state index contributed by atoms with van der Waals surface area (Å²) < 4.78 is 27.7. The summed E-state index contributed by atoms with van der Waals surface area (Å²) in [6.07, 6.45) is 1.96. The number of rotatable bonds is 7. The summed E-state index contributed by atoms with van der Waals surface area (Å²) in [7, 11) is -3.73. The first-order valence-corrected chi connectivity index (χ1v) is 11.3. The Bertz CT molecular complexity index is 1070. The zero-order valence-corrected chi connectivity index (χ0v) is 16.9. The van der Waals surface area contributed by atoms with Crippen molar-refractivity contribution in [1.82, 2.24) is 4.72 Å². The van der Waals surface area contributed by atoms with Crippen LogP contribution >= 0.6 is 11.8 Å². The van der Waals surface area contributed by atoms with Crippen molar-refractivity contribution < 1.29 is 13.2 Å². The van der Waals surface area contributed by atoms with E-state index >= 15 is 0 Å². The number of thioether (sulfide) groups is 1. The molecule has 28 heavy (non-hydrogen) atoms. The quantitative estimate of drug-likeness (QED) is 0.572. The molecule has 0 aliphatic rings. The minimum Gasteiger partial charge on any atom is -0.322 e. The van der Waals surface area contributed by atoms with Gasteiger partial charge >= 0.3 is 0 Å². The predicted octanol–water partition coefficient (Wildman–Crippen LogP) is 4.14. The second kappa shape index (κ2) is 9.05. The van der Waals surface area contributed by atoms with Gasteiger partial charge in [-0.2, -0.15) is 0 Å². The molecule has 0 radical (unpaired) electrons. The minimum atomic E-state index is -3.73. The molecule has 0 aromatic heterocycles. The lowest BCUT2D eigenvalue weighted by molar-refractivity contribution is 0.102. The standard InChI is InChI=1S/C21H20N2O3S2/c1-27-19-11-6-10-18(14-19)23-21(24)17-9-5-12-20(13-17)28(25,26)22-15-16-7-3-2-4-8-16/h2-14,22H,15H2,1H3,(H,23,24). The van der Waals surface area contributed by atoms with Gasteiger partial charge in [0.15, 0.2) is 0 Å². The molecule has 3 rings (SSSR count). The third kappa shape index (κ3) is 5.22. The molecule has 5 nitrogen and oxygen atoms in total. The molecule has 0 bridgehead atoms. The average molecular weight is 413 g/mol. The van der Waals surface area contributed by atoms with E-state index in [1.54, 1.807) is 30.0 Å². The van der Waals surface area contributed by atoms with Crippen LogP contribution in [0, 0.1) is 0 Å². The summed E-state index contributed by atoms with van der Waals surface area (Å²) >= 11 is 1.58. The molecule has 7 heteroatoms. The second-order valence-electron chi connectivity index (χ2n) is 6.02. The van der Waals surface area contributed by atoms with Crippen molar-refractivity contribution in [3.8, 4) is 0 Å². The van der Waals surface area contributed by atoms with Gasteiger partial charge in [0.1, 0.15) is 0 Å². The first kappa shape index (κ1) is 20.1. The van der Waals surface area contributed by atoms with Crippen LogP contribution in [-0.2, 0) is 16.6 Å². The number of hydrogen-bond donors (Lipinski definition) is 2. The summed E-state index contributed by atoms with van der Waals surface area (Å²) in [6, 6.07) is 22.7. The highest BCUT2D eigenvalue weighted by molar-refractivity contribution is 7.98. The molecule has 0 saturated carbocycles. The van der Waals surface area contributed by atoms with E-state index in [9.17, 15) is 13.2 Å². The van der Waals surface area contributed by atoms with E-state index in [2.05, 4.69) is 10.0 Å². The minimum absolute atomic E-state index is 0.0499. The molecule has 0 spiro atoms. The highest BCUT2D eigenvalue weighted by Crippen LogP contribution is 2.20. The maximum absolute atomic E-state index is 12.6. The highest BCUT2D eigenvalue weighted by Gasteiger charge is 2.16. The Morgan fingerprint density at radius 2 is 1.68 bits per heavy atom. The van der Waals surface area contributed by atoms with Crippen LogP contribution in [0.1, 0.15) is 15.9 Å². The fourth-order valence-corrected chi connectivity index (χ4v) is 4.09. The molecule has 0 atom stereocenters. The smallest absolute Gasteiger partial charge is 0.255 e. The molecule has 0 aliphatic carbocycles. The highest BCUT2D eigenvalue weighted by atomic mass is 32.2. The van der Waals surface area contributed by atoms with E-state index in [0.29, 0.717) is 5.69 Å². The molecule has 0 fully saturated rings. The number of anilines is 1. The van der Waals surface area contributed by atoms with Crippen LogP contribution in [0.25, 0.3) is 0 Å². The van der Waals surface area contributed by atoms with Crippen LogP contribution < -0.4 is 10.0 Å². The lowest BCUT2D eigenvalue weighted by atomic mass is 10.2. The first-order valence-electron chi connectivity index (χ1n) is 8.57. The number of carbonyl (C=O) groups excluding carboxylic acids is 1. The summed E-state index contributed by atoms with van der Waals surface area (Å²) in [4.78, 5) is 13.6. The normalized spacial score (nSPS) is 11.2. The van der Waals surface area contributed by atoms with Gasteiger partial charge in [0.25, 0.3) is 5.91 Å². The molecule has 3 aromatic carbocycles. The molecule has 2 N–H and O–H groups in total. The van der Waals surface area contributed by atoms with Gasteiger partial charge in [0, 0.05) is 22.7 Å². The number of amides is 1. The van der Waals surface area contributed by atoms with E-state index in [1.807, 2.05) is 54.8 Å². The molecule has 0 aliphatic heterocycles. The lowest BCUT2D eigenvalue weighted by Crippen LogP contribution is -2.23. The molecule has 0 saturated heterocycles. The van der Waals surface area contributed by atoms with Gasteiger partial charge in [0.05, 0.1) is 4.90 Å². The maximum Gasteiger partial charge on any atom is 0.255 e. The largest absolute Gasteiger partial charge is 0.322 e. The van der Waals surface area contributed by atoms with Crippen molar-refractivity contribution in [1.29, 1.82) is 0 Å². The van der Waals surface area contributed by atoms with Crippen LogP contribution in [0.2, 0.25) is 0 Å². The molecule has 3 aromatic rings. The predicted molar refractivity (Wildman–Crippen MR) is 113 cm³/mol. The van der Waals surface area contributed by atoms with Crippen molar-refractivity contribution in [2.45, 2.75) is 16.3 Å². The number of sulfonamides is 1. The van der Waals surface area contributed by atoms with Crippen LogP contribution in [-0.4, -0.2) is 20.6 Å². The lowest BCUT2D eigenvalue weighted by Gasteiger charge is -2.10. The number of hydrogen-bond acceptors (Lipinski definition) is 4. The fraction of sp³-hybridized carbons (Fsp3) is 0.0952. The monoisotopic (exact) mass is 412 g/mol. The second-order valence-corrected chi connectivity index (χ2v) is 8.67. The van der Waals surface area contributed by atoms with Gasteiger partial charge in [-0.05, 0) is 48.2 Å². The van der Waals surface area contributed by atoms with Gasteiger partial charge in [-0.15, -0.1) is 11.8 Å². The van der Waals surface area contributed by atoms with E-state index in [1.165, 1.54) is 12.1 Å². The maximum atomic E-state index is 12.6. The molecule has 0 heterocycles. The molecule has 144 valence electrons. The first-order chi connectivity index (χ1) is 13.5.